The highest BCUT2D eigenvalue weighted by Gasteiger charge is 2.48. The number of amides is 1. The van der Waals surface area contributed by atoms with Crippen LogP contribution >= 0.6 is 0 Å². The van der Waals surface area contributed by atoms with Crippen molar-refractivity contribution in [2.24, 2.45) is 0 Å². The molecule has 0 radical (unpaired) electrons. The number of likely N-dealkylation sites (tertiary alicyclic amines) is 1. The van der Waals surface area contributed by atoms with Crippen molar-refractivity contribution in [2.45, 2.75) is 24.6 Å². The van der Waals surface area contributed by atoms with Gasteiger partial charge < -0.3 is 15.1 Å². The van der Waals surface area contributed by atoms with E-state index < -0.39 is 30.2 Å². The van der Waals surface area contributed by atoms with Gasteiger partial charge in [-0.2, -0.15) is 13.2 Å². The Morgan fingerprint density at radius 1 is 1.31 bits per heavy atom. The van der Waals surface area contributed by atoms with Crippen molar-refractivity contribution >= 4 is 11.9 Å². The number of carbonyl (C=O) groups excluding carboxylic acids is 1. The predicted molar refractivity (Wildman–Crippen MR) is 44.5 cm³/mol. The fraction of sp³-hybridized carbons (Fsp3) is 0.750. The Hall–Kier alpha value is -1.31. The van der Waals surface area contributed by atoms with Crippen molar-refractivity contribution in [3.05, 3.63) is 0 Å². The Bertz CT molecular complexity index is 317. The van der Waals surface area contributed by atoms with Crippen molar-refractivity contribution in [3.8, 4) is 0 Å². The summed E-state index contributed by atoms with van der Waals surface area (Å²) in [6.45, 7) is -1.03. The van der Waals surface area contributed by atoms with Gasteiger partial charge in [-0.3, -0.25) is 4.79 Å². The van der Waals surface area contributed by atoms with Crippen LogP contribution in [-0.2, 0) is 9.59 Å². The molecular weight excluding hydrogens is 231 g/mol. The van der Waals surface area contributed by atoms with E-state index in [0.29, 0.717) is 4.90 Å². The minimum Gasteiger partial charge on any atom is -0.479 e. The van der Waals surface area contributed by atoms with Crippen LogP contribution in [0, 0.1) is 0 Å². The first-order chi connectivity index (χ1) is 7.17. The highest BCUT2D eigenvalue weighted by Crippen LogP contribution is 2.26. The minimum absolute atomic E-state index is 0.0185. The smallest absolute Gasteiger partial charge is 0.471 e. The molecule has 0 aromatic heterocycles. The number of rotatable bonds is 1. The van der Waals surface area contributed by atoms with Gasteiger partial charge >= 0.3 is 18.1 Å². The number of piperidine rings is 1. The Morgan fingerprint density at radius 3 is 2.31 bits per heavy atom. The van der Waals surface area contributed by atoms with Gasteiger partial charge in [0.15, 0.2) is 5.60 Å². The van der Waals surface area contributed by atoms with Gasteiger partial charge in [-0.25, -0.2) is 4.79 Å². The average molecular weight is 241 g/mol. The van der Waals surface area contributed by atoms with Gasteiger partial charge in [0.2, 0.25) is 0 Å². The van der Waals surface area contributed by atoms with Crippen LogP contribution in [0.2, 0.25) is 0 Å². The predicted octanol–water partition coefficient (Wildman–Crippen LogP) is -0.0132. The number of hydrogen-bond donors (Lipinski definition) is 2. The van der Waals surface area contributed by atoms with Crippen LogP contribution in [0.3, 0.4) is 0 Å². The van der Waals surface area contributed by atoms with E-state index in [1.807, 2.05) is 0 Å². The number of carboxylic acid groups (broad SMARTS) is 1. The standard InChI is InChI=1S/C8H10F3NO4/c9-8(10,11)5(13)12-3-1-2-7(16,4-12)6(14)15/h16H,1-4H2,(H,14,15). The van der Waals surface area contributed by atoms with Gasteiger partial charge in [0.25, 0.3) is 0 Å². The molecule has 0 spiro atoms. The molecule has 1 aliphatic rings. The first-order valence-corrected chi connectivity index (χ1v) is 4.49. The molecule has 1 fully saturated rings. The molecule has 0 aromatic rings. The second-order valence-electron chi connectivity index (χ2n) is 3.66. The average Bonchev–Trinajstić information content (AvgIpc) is 2.15. The maximum absolute atomic E-state index is 12.1. The van der Waals surface area contributed by atoms with E-state index in [1.165, 1.54) is 0 Å². The number of carboxylic acids is 1. The lowest BCUT2D eigenvalue weighted by molar-refractivity contribution is -0.193. The molecule has 0 bridgehead atoms. The molecule has 92 valence electrons. The molecule has 16 heavy (non-hydrogen) atoms. The number of β-amino-alcohol motifs (C(OH)–C–C–N with tert-alkyl or cyclic N) is 1. The van der Waals surface area contributed by atoms with E-state index in [0.717, 1.165) is 0 Å². The van der Waals surface area contributed by atoms with Crippen molar-refractivity contribution in [2.75, 3.05) is 13.1 Å². The highest BCUT2D eigenvalue weighted by atomic mass is 19.4. The van der Waals surface area contributed by atoms with Gasteiger partial charge in [0.1, 0.15) is 0 Å². The van der Waals surface area contributed by atoms with Crippen LogP contribution in [0.25, 0.3) is 0 Å². The van der Waals surface area contributed by atoms with Crippen LogP contribution in [0.1, 0.15) is 12.8 Å². The molecule has 0 aliphatic carbocycles. The summed E-state index contributed by atoms with van der Waals surface area (Å²) < 4.78 is 36.2. The number of alkyl halides is 3. The zero-order valence-corrected chi connectivity index (χ0v) is 8.12. The summed E-state index contributed by atoms with van der Waals surface area (Å²) in [5.41, 5.74) is -2.28. The first-order valence-electron chi connectivity index (χ1n) is 4.49. The van der Waals surface area contributed by atoms with E-state index >= 15 is 0 Å². The van der Waals surface area contributed by atoms with Crippen molar-refractivity contribution in [1.29, 1.82) is 0 Å². The van der Waals surface area contributed by atoms with Gasteiger partial charge in [-0.1, -0.05) is 0 Å². The summed E-state index contributed by atoms with van der Waals surface area (Å²) in [5.74, 6) is -3.74. The van der Waals surface area contributed by atoms with Crippen LogP contribution in [0.15, 0.2) is 0 Å². The summed E-state index contributed by atoms with van der Waals surface area (Å²) in [6.07, 6.45) is -5.19. The Balaban J connectivity index is 2.79. The number of halogens is 3. The number of nitrogens with zero attached hydrogens (tertiary/aromatic N) is 1. The minimum atomic E-state index is -5.04. The van der Waals surface area contributed by atoms with Crippen LogP contribution in [0.5, 0.6) is 0 Å². The largest absolute Gasteiger partial charge is 0.479 e. The zero-order chi connectivity index (χ0) is 12.6. The molecule has 2 N–H and O–H groups in total. The van der Waals surface area contributed by atoms with E-state index in [2.05, 4.69) is 0 Å². The van der Waals surface area contributed by atoms with Crippen LogP contribution < -0.4 is 0 Å². The third-order valence-corrected chi connectivity index (χ3v) is 2.40. The molecular formula is C8H10F3NO4. The summed E-state index contributed by atoms with van der Waals surface area (Å²) in [7, 11) is 0. The van der Waals surface area contributed by atoms with Crippen LogP contribution in [-0.4, -0.2) is 51.9 Å². The van der Waals surface area contributed by atoms with E-state index in [1.54, 1.807) is 0 Å². The number of carbonyl (C=O) groups is 2. The van der Waals surface area contributed by atoms with Gasteiger partial charge in [-0.05, 0) is 12.8 Å². The second-order valence-corrected chi connectivity index (χ2v) is 3.66. The normalized spacial score (nSPS) is 26.6. The number of aliphatic carboxylic acids is 1. The lowest BCUT2D eigenvalue weighted by Crippen LogP contribution is -2.57. The lowest BCUT2D eigenvalue weighted by Gasteiger charge is -2.36. The molecule has 0 saturated carbocycles. The summed E-state index contributed by atoms with van der Waals surface area (Å²) in [6, 6.07) is 0. The zero-order valence-electron chi connectivity index (χ0n) is 8.12. The maximum Gasteiger partial charge on any atom is 0.471 e. The second kappa shape index (κ2) is 3.93. The highest BCUT2D eigenvalue weighted by molar-refractivity contribution is 5.84. The monoisotopic (exact) mass is 241 g/mol. The SMILES string of the molecule is O=C(N1CCCC(O)(C(=O)O)C1)C(F)(F)F. The van der Waals surface area contributed by atoms with E-state index in [4.69, 9.17) is 5.11 Å². The van der Waals surface area contributed by atoms with Gasteiger partial charge in [-0.15, -0.1) is 0 Å². The maximum atomic E-state index is 12.1. The molecule has 1 aliphatic heterocycles. The fourth-order valence-corrected chi connectivity index (χ4v) is 1.56. The number of hydrogen-bond acceptors (Lipinski definition) is 3. The molecule has 8 heteroatoms. The van der Waals surface area contributed by atoms with Crippen LogP contribution in [0.4, 0.5) is 13.2 Å². The van der Waals surface area contributed by atoms with Crippen molar-refractivity contribution < 1.29 is 33.0 Å². The molecule has 1 rings (SSSR count). The van der Waals surface area contributed by atoms with Gasteiger partial charge in [0.05, 0.1) is 6.54 Å². The third-order valence-electron chi connectivity index (χ3n) is 2.40. The topological polar surface area (TPSA) is 77.8 Å². The van der Waals surface area contributed by atoms with E-state index in [-0.39, 0.29) is 19.4 Å². The molecule has 1 amide bonds. The molecule has 1 saturated heterocycles. The van der Waals surface area contributed by atoms with Crippen molar-refractivity contribution in [3.63, 3.8) is 0 Å². The van der Waals surface area contributed by atoms with Crippen molar-refractivity contribution in [1.82, 2.24) is 4.90 Å². The lowest BCUT2D eigenvalue weighted by atomic mass is 9.93. The molecule has 1 unspecified atom stereocenters. The third kappa shape index (κ3) is 2.43. The molecule has 5 nitrogen and oxygen atoms in total. The first kappa shape index (κ1) is 12.8. The molecule has 1 atom stereocenters. The molecule has 0 aromatic carbocycles. The van der Waals surface area contributed by atoms with Gasteiger partial charge in [0, 0.05) is 6.54 Å². The Morgan fingerprint density at radius 2 is 1.88 bits per heavy atom. The number of aliphatic hydroxyl groups is 1. The Kier molecular flexibility index (Phi) is 3.13. The molecule has 1 heterocycles. The summed E-state index contributed by atoms with van der Waals surface area (Å²) >= 11 is 0. The quantitative estimate of drug-likeness (QED) is 0.676. The summed E-state index contributed by atoms with van der Waals surface area (Å²) in [4.78, 5) is 21.8. The summed E-state index contributed by atoms with van der Waals surface area (Å²) in [5, 5.41) is 18.1. The Labute approximate surface area is 88.5 Å². The van der Waals surface area contributed by atoms with E-state index in [9.17, 15) is 27.9 Å². The fourth-order valence-electron chi connectivity index (χ4n) is 1.56.